The fraction of sp³-hybridized carbons (Fsp3) is 0.0625. The Hall–Kier alpha value is -2.13. The first kappa shape index (κ1) is 14.3. The molecule has 20 heavy (non-hydrogen) atoms. The lowest BCUT2D eigenvalue weighted by Gasteiger charge is -2.09. The Balaban J connectivity index is 2.56. The number of carbonyl (C=O) groups is 1. The lowest BCUT2D eigenvalue weighted by molar-refractivity contribution is -0.131. The molecule has 0 amide bonds. The summed E-state index contributed by atoms with van der Waals surface area (Å²) < 4.78 is 13.3. The second-order valence-electron chi connectivity index (χ2n) is 4.37. The van der Waals surface area contributed by atoms with Gasteiger partial charge in [0, 0.05) is 11.1 Å². The Morgan fingerprint density at radius 3 is 2.30 bits per heavy atom. The van der Waals surface area contributed by atoms with Crippen LogP contribution >= 0.6 is 11.6 Å². The molecule has 0 spiro atoms. The number of aryl methyl sites for hydroxylation is 1. The largest absolute Gasteiger partial charge is 0.478 e. The van der Waals surface area contributed by atoms with Crippen LogP contribution in [-0.2, 0) is 4.79 Å². The molecule has 0 aliphatic rings. The van der Waals surface area contributed by atoms with Gasteiger partial charge in [-0.3, -0.25) is 0 Å². The number of carboxylic acid groups (broad SMARTS) is 1. The first-order valence-electron chi connectivity index (χ1n) is 5.94. The second-order valence-corrected chi connectivity index (χ2v) is 4.80. The number of hydrogen-bond acceptors (Lipinski definition) is 1. The summed E-state index contributed by atoms with van der Waals surface area (Å²) in [4.78, 5) is 11.0. The summed E-state index contributed by atoms with van der Waals surface area (Å²) in [6.07, 6.45) is 1.11. The molecule has 2 aromatic carbocycles. The summed E-state index contributed by atoms with van der Waals surface area (Å²) in [6.45, 7) is 1.64. The van der Waals surface area contributed by atoms with Crippen molar-refractivity contribution in [3.63, 3.8) is 0 Å². The molecule has 0 aromatic heterocycles. The molecule has 102 valence electrons. The minimum absolute atomic E-state index is 0.320. The molecule has 0 aliphatic carbocycles. The summed E-state index contributed by atoms with van der Waals surface area (Å²) in [5.41, 5.74) is 2.33. The van der Waals surface area contributed by atoms with Crippen molar-refractivity contribution in [1.82, 2.24) is 0 Å². The van der Waals surface area contributed by atoms with Gasteiger partial charge in [-0.2, -0.15) is 0 Å². The molecular formula is C16H12ClFO2. The Morgan fingerprint density at radius 1 is 1.15 bits per heavy atom. The lowest BCUT2D eigenvalue weighted by Crippen LogP contribution is -1.96. The zero-order valence-electron chi connectivity index (χ0n) is 10.7. The number of carboxylic acids is 1. The number of hydrogen-bond donors (Lipinski definition) is 1. The van der Waals surface area contributed by atoms with Crippen LogP contribution in [-0.4, -0.2) is 11.1 Å². The normalized spacial score (nSPS) is 11.4. The van der Waals surface area contributed by atoms with Crippen molar-refractivity contribution in [1.29, 1.82) is 0 Å². The first-order valence-corrected chi connectivity index (χ1v) is 6.32. The summed E-state index contributed by atoms with van der Waals surface area (Å²) >= 11 is 5.83. The average molecular weight is 291 g/mol. The van der Waals surface area contributed by atoms with Crippen molar-refractivity contribution >= 4 is 23.1 Å². The molecule has 2 nitrogen and oxygen atoms in total. The van der Waals surface area contributed by atoms with Crippen molar-refractivity contribution in [3.8, 4) is 0 Å². The molecule has 2 aromatic rings. The van der Waals surface area contributed by atoms with Gasteiger partial charge in [-0.15, -0.1) is 0 Å². The molecule has 4 heteroatoms. The smallest absolute Gasteiger partial charge is 0.328 e. The summed E-state index contributed by atoms with van der Waals surface area (Å²) in [6, 6.07) is 11.3. The summed E-state index contributed by atoms with van der Waals surface area (Å²) in [5, 5.41) is 9.58. The standard InChI is InChI=1S/C16H12ClFO2/c1-10-8-12(4-7-15(10)18)14(9-16(19)20)11-2-5-13(17)6-3-11/h2-9H,1H3,(H,19,20)/b14-9+. The zero-order chi connectivity index (χ0) is 14.7. The number of benzene rings is 2. The third-order valence-electron chi connectivity index (χ3n) is 2.89. The first-order chi connectivity index (χ1) is 9.47. The maximum absolute atomic E-state index is 13.3. The Bertz CT molecular complexity index is 675. The van der Waals surface area contributed by atoms with E-state index in [1.54, 1.807) is 43.3 Å². The molecule has 2 rings (SSSR count). The van der Waals surface area contributed by atoms with Crippen LogP contribution in [0.15, 0.2) is 48.5 Å². The van der Waals surface area contributed by atoms with Crippen LogP contribution in [0.25, 0.3) is 5.57 Å². The van der Waals surface area contributed by atoms with Gasteiger partial charge in [0.2, 0.25) is 0 Å². The van der Waals surface area contributed by atoms with E-state index in [9.17, 15) is 9.18 Å². The highest BCUT2D eigenvalue weighted by Gasteiger charge is 2.09. The van der Waals surface area contributed by atoms with E-state index in [1.807, 2.05) is 0 Å². The van der Waals surface area contributed by atoms with Crippen molar-refractivity contribution < 1.29 is 14.3 Å². The zero-order valence-corrected chi connectivity index (χ0v) is 11.5. The number of rotatable bonds is 3. The molecule has 0 fully saturated rings. The van der Waals surface area contributed by atoms with Crippen LogP contribution in [0.4, 0.5) is 4.39 Å². The molecule has 0 aliphatic heterocycles. The maximum Gasteiger partial charge on any atom is 0.328 e. The summed E-state index contributed by atoms with van der Waals surface area (Å²) in [7, 11) is 0. The van der Waals surface area contributed by atoms with Gasteiger partial charge in [0.25, 0.3) is 0 Å². The molecular weight excluding hydrogens is 279 g/mol. The molecule has 0 radical (unpaired) electrons. The van der Waals surface area contributed by atoms with Crippen molar-refractivity contribution in [2.24, 2.45) is 0 Å². The van der Waals surface area contributed by atoms with Crippen LogP contribution in [0, 0.1) is 12.7 Å². The number of aliphatic carboxylic acids is 1. The van der Waals surface area contributed by atoms with Gasteiger partial charge in [0.05, 0.1) is 0 Å². The highest BCUT2D eigenvalue weighted by atomic mass is 35.5. The SMILES string of the molecule is Cc1cc(/C(=C/C(=O)O)c2ccc(Cl)cc2)ccc1F. The quantitative estimate of drug-likeness (QED) is 0.856. The van der Waals surface area contributed by atoms with Crippen LogP contribution in [0.3, 0.4) is 0 Å². The van der Waals surface area contributed by atoms with E-state index in [2.05, 4.69) is 0 Å². The monoisotopic (exact) mass is 290 g/mol. The topological polar surface area (TPSA) is 37.3 Å². The van der Waals surface area contributed by atoms with Gasteiger partial charge in [0.15, 0.2) is 0 Å². The Labute approximate surface area is 121 Å². The van der Waals surface area contributed by atoms with E-state index in [1.165, 1.54) is 6.07 Å². The molecule has 1 N–H and O–H groups in total. The highest BCUT2D eigenvalue weighted by molar-refractivity contribution is 6.30. The third kappa shape index (κ3) is 3.25. The fourth-order valence-corrected chi connectivity index (χ4v) is 2.02. The minimum Gasteiger partial charge on any atom is -0.478 e. The predicted molar refractivity (Wildman–Crippen MR) is 77.3 cm³/mol. The van der Waals surface area contributed by atoms with Gasteiger partial charge in [-0.05, 0) is 53.5 Å². The maximum atomic E-state index is 13.3. The highest BCUT2D eigenvalue weighted by Crippen LogP contribution is 2.26. The third-order valence-corrected chi connectivity index (χ3v) is 3.14. The molecule has 0 saturated heterocycles. The predicted octanol–water partition coefficient (Wildman–Crippen LogP) is 4.30. The van der Waals surface area contributed by atoms with Gasteiger partial charge in [-0.25, -0.2) is 9.18 Å². The fourth-order valence-electron chi connectivity index (χ4n) is 1.90. The molecule has 0 heterocycles. The van der Waals surface area contributed by atoms with Gasteiger partial charge in [0.1, 0.15) is 5.82 Å². The minimum atomic E-state index is -1.06. The van der Waals surface area contributed by atoms with Gasteiger partial charge >= 0.3 is 5.97 Å². The Kier molecular flexibility index (Phi) is 4.20. The van der Waals surface area contributed by atoms with Crippen molar-refractivity contribution in [2.75, 3.05) is 0 Å². The molecule has 0 bridgehead atoms. The van der Waals surface area contributed by atoms with E-state index in [-0.39, 0.29) is 5.82 Å². The van der Waals surface area contributed by atoms with E-state index < -0.39 is 5.97 Å². The second kappa shape index (κ2) is 5.88. The van der Waals surface area contributed by atoms with Crippen LogP contribution in [0.2, 0.25) is 5.02 Å². The van der Waals surface area contributed by atoms with E-state index in [0.29, 0.717) is 27.3 Å². The molecule has 0 atom stereocenters. The van der Waals surface area contributed by atoms with E-state index >= 15 is 0 Å². The van der Waals surface area contributed by atoms with Crippen LogP contribution in [0.1, 0.15) is 16.7 Å². The molecule has 0 unspecified atom stereocenters. The van der Waals surface area contributed by atoms with Crippen molar-refractivity contribution in [2.45, 2.75) is 6.92 Å². The van der Waals surface area contributed by atoms with E-state index in [4.69, 9.17) is 16.7 Å². The van der Waals surface area contributed by atoms with E-state index in [0.717, 1.165) is 6.08 Å². The van der Waals surface area contributed by atoms with Crippen LogP contribution in [0.5, 0.6) is 0 Å². The van der Waals surface area contributed by atoms with Gasteiger partial charge in [-0.1, -0.05) is 29.8 Å². The Morgan fingerprint density at radius 2 is 1.75 bits per heavy atom. The summed E-state index contributed by atoms with van der Waals surface area (Å²) in [5.74, 6) is -1.38. The average Bonchev–Trinajstić information content (AvgIpc) is 2.40. The van der Waals surface area contributed by atoms with Gasteiger partial charge < -0.3 is 5.11 Å². The van der Waals surface area contributed by atoms with Crippen LogP contribution < -0.4 is 0 Å². The van der Waals surface area contributed by atoms with Crippen molar-refractivity contribution in [3.05, 3.63) is 76.1 Å². The molecule has 0 saturated carbocycles. The lowest BCUT2D eigenvalue weighted by atomic mass is 9.96. The number of halogens is 2.